The highest BCUT2D eigenvalue weighted by Gasteiger charge is 2.30. The molecule has 0 aliphatic heterocycles. The standard InChI is InChI=1S/C21H20F3N3O/c1-15-5-2-6-16(11-15)14-27-10-4-9-19(27)13-25-20(28)26-18-8-3-7-17(12-18)21(22,23)24/h2-12H,13-14H2,1H3,(H2,25,26,28). The van der Waals surface area contributed by atoms with Gasteiger partial charge in [0.05, 0.1) is 12.1 Å². The molecule has 0 aliphatic carbocycles. The van der Waals surface area contributed by atoms with Gasteiger partial charge in [0.1, 0.15) is 0 Å². The second-order valence-corrected chi connectivity index (χ2v) is 6.50. The van der Waals surface area contributed by atoms with E-state index in [1.54, 1.807) is 0 Å². The van der Waals surface area contributed by atoms with Crippen molar-refractivity contribution in [1.29, 1.82) is 0 Å². The maximum absolute atomic E-state index is 12.8. The van der Waals surface area contributed by atoms with Crippen molar-refractivity contribution in [2.45, 2.75) is 26.2 Å². The van der Waals surface area contributed by atoms with Gasteiger partial charge in [0.15, 0.2) is 0 Å². The summed E-state index contributed by atoms with van der Waals surface area (Å²) in [5.41, 5.74) is 2.48. The number of hydrogen-bond acceptors (Lipinski definition) is 1. The second-order valence-electron chi connectivity index (χ2n) is 6.50. The van der Waals surface area contributed by atoms with Gasteiger partial charge in [0, 0.05) is 24.1 Å². The van der Waals surface area contributed by atoms with Crippen LogP contribution in [0, 0.1) is 6.92 Å². The molecule has 0 unspecified atom stereocenters. The lowest BCUT2D eigenvalue weighted by molar-refractivity contribution is -0.137. The molecule has 28 heavy (non-hydrogen) atoms. The first kappa shape index (κ1) is 19.5. The molecule has 2 aromatic carbocycles. The Hall–Kier alpha value is -3.22. The first-order valence-corrected chi connectivity index (χ1v) is 8.73. The minimum atomic E-state index is -4.45. The van der Waals surface area contributed by atoms with Crippen LogP contribution in [-0.2, 0) is 19.3 Å². The van der Waals surface area contributed by atoms with Crippen molar-refractivity contribution >= 4 is 11.7 Å². The molecule has 3 rings (SSSR count). The van der Waals surface area contributed by atoms with Gasteiger partial charge in [-0.1, -0.05) is 35.9 Å². The lowest BCUT2D eigenvalue weighted by Crippen LogP contribution is -2.29. The summed E-state index contributed by atoms with van der Waals surface area (Å²) < 4.78 is 40.3. The second kappa shape index (κ2) is 8.21. The van der Waals surface area contributed by atoms with Crippen LogP contribution in [0.25, 0.3) is 0 Å². The van der Waals surface area contributed by atoms with Crippen molar-refractivity contribution in [2.24, 2.45) is 0 Å². The predicted octanol–water partition coefficient (Wildman–Crippen LogP) is 5.19. The van der Waals surface area contributed by atoms with Gasteiger partial charge in [-0.05, 0) is 42.8 Å². The summed E-state index contributed by atoms with van der Waals surface area (Å²) in [6, 6.07) is 15.9. The number of carbonyl (C=O) groups is 1. The maximum Gasteiger partial charge on any atom is 0.416 e. The Balaban J connectivity index is 1.59. The summed E-state index contributed by atoms with van der Waals surface area (Å²) >= 11 is 0. The highest BCUT2D eigenvalue weighted by atomic mass is 19.4. The third-order valence-electron chi connectivity index (χ3n) is 4.24. The number of amides is 2. The van der Waals surface area contributed by atoms with Crippen LogP contribution < -0.4 is 10.6 Å². The fourth-order valence-electron chi connectivity index (χ4n) is 2.89. The van der Waals surface area contributed by atoms with E-state index in [2.05, 4.69) is 16.7 Å². The smallest absolute Gasteiger partial charge is 0.345 e. The van der Waals surface area contributed by atoms with Crippen LogP contribution in [0.4, 0.5) is 23.7 Å². The summed E-state index contributed by atoms with van der Waals surface area (Å²) in [4.78, 5) is 12.1. The number of aryl methyl sites for hydroxylation is 1. The van der Waals surface area contributed by atoms with Crippen molar-refractivity contribution in [3.05, 3.63) is 89.2 Å². The van der Waals surface area contributed by atoms with Gasteiger partial charge in [0.2, 0.25) is 0 Å². The van der Waals surface area contributed by atoms with E-state index < -0.39 is 17.8 Å². The molecule has 1 aromatic heterocycles. The van der Waals surface area contributed by atoms with Crippen molar-refractivity contribution in [3.8, 4) is 0 Å². The number of carbonyl (C=O) groups excluding carboxylic acids is 1. The number of nitrogens with one attached hydrogen (secondary N) is 2. The van der Waals surface area contributed by atoms with Gasteiger partial charge < -0.3 is 15.2 Å². The zero-order chi connectivity index (χ0) is 20.1. The average Bonchev–Trinajstić information content (AvgIpc) is 3.06. The third-order valence-corrected chi connectivity index (χ3v) is 4.24. The minimum absolute atomic E-state index is 0.0856. The molecule has 2 amide bonds. The molecule has 4 nitrogen and oxygen atoms in total. The Bertz CT molecular complexity index is 963. The van der Waals surface area contributed by atoms with E-state index >= 15 is 0 Å². The molecule has 2 N–H and O–H groups in total. The lowest BCUT2D eigenvalue weighted by atomic mass is 10.1. The average molecular weight is 387 g/mol. The van der Waals surface area contributed by atoms with Crippen LogP contribution >= 0.6 is 0 Å². The first-order valence-electron chi connectivity index (χ1n) is 8.73. The van der Waals surface area contributed by atoms with Gasteiger partial charge in [0.25, 0.3) is 0 Å². The molecule has 146 valence electrons. The van der Waals surface area contributed by atoms with Crippen molar-refractivity contribution in [2.75, 3.05) is 5.32 Å². The van der Waals surface area contributed by atoms with Crippen LogP contribution in [0.3, 0.4) is 0 Å². The Morgan fingerprint density at radius 1 is 1.04 bits per heavy atom. The van der Waals surface area contributed by atoms with Gasteiger partial charge >= 0.3 is 12.2 Å². The fraction of sp³-hybridized carbons (Fsp3) is 0.190. The number of anilines is 1. The van der Waals surface area contributed by atoms with Gasteiger partial charge in [-0.3, -0.25) is 0 Å². The highest BCUT2D eigenvalue weighted by Crippen LogP contribution is 2.30. The molecule has 0 saturated heterocycles. The highest BCUT2D eigenvalue weighted by molar-refractivity contribution is 5.89. The van der Waals surface area contributed by atoms with E-state index in [0.717, 1.165) is 23.4 Å². The molecule has 0 saturated carbocycles. The van der Waals surface area contributed by atoms with Gasteiger partial charge in [-0.2, -0.15) is 13.2 Å². The first-order chi connectivity index (χ1) is 13.3. The number of alkyl halides is 3. The number of aromatic nitrogens is 1. The van der Waals surface area contributed by atoms with Crippen LogP contribution in [0.2, 0.25) is 0 Å². The normalized spacial score (nSPS) is 11.3. The fourth-order valence-corrected chi connectivity index (χ4v) is 2.89. The summed E-state index contributed by atoms with van der Waals surface area (Å²) in [6.45, 7) is 2.95. The topological polar surface area (TPSA) is 46.1 Å². The summed E-state index contributed by atoms with van der Waals surface area (Å²) in [7, 11) is 0. The van der Waals surface area contributed by atoms with Crippen LogP contribution in [-0.4, -0.2) is 10.6 Å². The number of urea groups is 1. The Morgan fingerprint density at radius 3 is 2.57 bits per heavy atom. The molecular formula is C21H20F3N3O. The maximum atomic E-state index is 12.8. The van der Waals surface area contributed by atoms with Crippen LogP contribution in [0.15, 0.2) is 66.9 Å². The summed E-state index contributed by atoms with van der Waals surface area (Å²) in [5, 5.41) is 5.11. The number of nitrogens with zero attached hydrogens (tertiary/aromatic N) is 1. The quantitative estimate of drug-likeness (QED) is 0.622. The summed E-state index contributed by atoms with van der Waals surface area (Å²) in [5.74, 6) is 0. The lowest BCUT2D eigenvalue weighted by Gasteiger charge is -2.13. The van der Waals surface area contributed by atoms with E-state index in [-0.39, 0.29) is 12.2 Å². The molecule has 0 radical (unpaired) electrons. The minimum Gasteiger partial charge on any atom is -0.345 e. The van der Waals surface area contributed by atoms with Crippen molar-refractivity contribution < 1.29 is 18.0 Å². The molecule has 0 spiro atoms. The van der Waals surface area contributed by atoms with Gasteiger partial charge in [-0.15, -0.1) is 0 Å². The number of benzene rings is 2. The molecular weight excluding hydrogens is 367 g/mol. The molecule has 7 heteroatoms. The number of rotatable bonds is 5. The van der Waals surface area contributed by atoms with E-state index in [4.69, 9.17) is 0 Å². The largest absolute Gasteiger partial charge is 0.416 e. The van der Waals surface area contributed by atoms with Crippen molar-refractivity contribution in [1.82, 2.24) is 9.88 Å². The number of halogens is 3. The number of hydrogen-bond donors (Lipinski definition) is 2. The zero-order valence-electron chi connectivity index (χ0n) is 15.3. The van der Waals surface area contributed by atoms with E-state index in [9.17, 15) is 18.0 Å². The molecule has 0 aliphatic rings. The van der Waals surface area contributed by atoms with Gasteiger partial charge in [-0.25, -0.2) is 4.79 Å². The van der Waals surface area contributed by atoms with E-state index in [1.807, 2.05) is 48.0 Å². The monoisotopic (exact) mass is 387 g/mol. The Kier molecular flexibility index (Phi) is 5.73. The molecule has 0 atom stereocenters. The van der Waals surface area contributed by atoms with Crippen LogP contribution in [0.1, 0.15) is 22.4 Å². The van der Waals surface area contributed by atoms with Crippen LogP contribution in [0.5, 0.6) is 0 Å². The molecule has 0 fully saturated rings. The molecule has 0 bridgehead atoms. The predicted molar refractivity (Wildman–Crippen MR) is 102 cm³/mol. The van der Waals surface area contributed by atoms with E-state index in [1.165, 1.54) is 17.7 Å². The summed E-state index contributed by atoms with van der Waals surface area (Å²) in [6.07, 6.45) is -2.53. The zero-order valence-corrected chi connectivity index (χ0v) is 15.3. The molecule has 3 aromatic rings. The SMILES string of the molecule is Cc1cccc(Cn2cccc2CNC(=O)Nc2cccc(C(F)(F)F)c2)c1. The molecule has 1 heterocycles. The third kappa shape index (κ3) is 5.16. The Morgan fingerprint density at radius 2 is 1.82 bits per heavy atom. The van der Waals surface area contributed by atoms with Crippen molar-refractivity contribution in [3.63, 3.8) is 0 Å². The Labute approximate surface area is 161 Å². The van der Waals surface area contributed by atoms with E-state index in [0.29, 0.717) is 6.54 Å².